The predicted octanol–water partition coefficient (Wildman–Crippen LogP) is 3.01. The minimum Gasteiger partial charge on any atom is -0.380 e. The molecule has 3 nitrogen and oxygen atoms in total. The van der Waals surface area contributed by atoms with Gasteiger partial charge in [-0.15, -0.1) is 0 Å². The topological polar surface area (TPSA) is 24.5 Å². The van der Waals surface area contributed by atoms with Crippen molar-refractivity contribution in [3.05, 3.63) is 35.9 Å². The number of hydrogen-bond donors (Lipinski definition) is 1. The SMILES string of the molecule is CCCC1CNC(C)(c2ccccc2)CN1CCOCC. The highest BCUT2D eigenvalue weighted by atomic mass is 16.5. The Kier molecular flexibility index (Phi) is 6.22. The lowest BCUT2D eigenvalue weighted by Crippen LogP contribution is -2.61. The molecule has 0 radical (unpaired) electrons. The van der Waals surface area contributed by atoms with E-state index in [1.54, 1.807) is 0 Å². The quantitative estimate of drug-likeness (QED) is 0.781. The maximum Gasteiger partial charge on any atom is 0.0593 e. The van der Waals surface area contributed by atoms with Gasteiger partial charge in [0, 0.05) is 32.3 Å². The highest BCUT2D eigenvalue weighted by Crippen LogP contribution is 2.27. The minimum absolute atomic E-state index is 0.0394. The number of ether oxygens (including phenoxy) is 1. The van der Waals surface area contributed by atoms with Crippen molar-refractivity contribution in [3.8, 4) is 0 Å². The van der Waals surface area contributed by atoms with Gasteiger partial charge < -0.3 is 10.1 Å². The molecule has 1 fully saturated rings. The van der Waals surface area contributed by atoms with Gasteiger partial charge in [-0.2, -0.15) is 0 Å². The largest absolute Gasteiger partial charge is 0.380 e. The van der Waals surface area contributed by atoms with Crippen molar-refractivity contribution in [2.24, 2.45) is 0 Å². The molecule has 1 aromatic rings. The molecule has 21 heavy (non-hydrogen) atoms. The average Bonchev–Trinajstić information content (AvgIpc) is 2.51. The molecule has 3 heteroatoms. The Labute approximate surface area is 129 Å². The standard InChI is InChI=1S/C18H30N2O/c1-4-9-17-14-19-18(3,16-10-7-6-8-11-16)15-20(17)12-13-21-5-2/h6-8,10-11,17,19H,4-5,9,12-15H2,1-3H3. The van der Waals surface area contributed by atoms with Gasteiger partial charge in [-0.05, 0) is 25.8 Å². The molecule has 0 spiro atoms. The Hall–Kier alpha value is -0.900. The number of nitrogens with one attached hydrogen (secondary N) is 1. The Morgan fingerprint density at radius 2 is 2.05 bits per heavy atom. The van der Waals surface area contributed by atoms with Gasteiger partial charge in [0.1, 0.15) is 0 Å². The van der Waals surface area contributed by atoms with Crippen LogP contribution < -0.4 is 5.32 Å². The monoisotopic (exact) mass is 290 g/mol. The molecule has 1 aliphatic rings. The smallest absolute Gasteiger partial charge is 0.0593 e. The van der Waals surface area contributed by atoms with Gasteiger partial charge in [0.15, 0.2) is 0 Å². The van der Waals surface area contributed by atoms with Crippen LogP contribution in [0, 0.1) is 0 Å². The van der Waals surface area contributed by atoms with Crippen molar-refractivity contribution in [1.82, 2.24) is 10.2 Å². The fraction of sp³-hybridized carbons (Fsp3) is 0.667. The maximum atomic E-state index is 5.57. The zero-order chi connectivity index (χ0) is 15.1. The number of rotatable bonds is 7. The summed E-state index contributed by atoms with van der Waals surface area (Å²) >= 11 is 0. The Bertz CT molecular complexity index is 409. The molecular formula is C18H30N2O. The normalized spacial score (nSPS) is 26.9. The van der Waals surface area contributed by atoms with E-state index in [4.69, 9.17) is 4.74 Å². The van der Waals surface area contributed by atoms with E-state index in [-0.39, 0.29) is 5.54 Å². The molecule has 1 aromatic carbocycles. The summed E-state index contributed by atoms with van der Waals surface area (Å²) < 4.78 is 5.57. The molecule has 0 saturated carbocycles. The van der Waals surface area contributed by atoms with E-state index >= 15 is 0 Å². The summed E-state index contributed by atoms with van der Waals surface area (Å²) in [6, 6.07) is 11.4. The van der Waals surface area contributed by atoms with E-state index in [9.17, 15) is 0 Å². The first-order valence-electron chi connectivity index (χ1n) is 8.32. The zero-order valence-electron chi connectivity index (χ0n) is 13.8. The summed E-state index contributed by atoms with van der Waals surface area (Å²) in [7, 11) is 0. The first-order chi connectivity index (χ1) is 10.2. The predicted molar refractivity (Wildman–Crippen MR) is 88.6 cm³/mol. The first kappa shape index (κ1) is 16.5. The second kappa shape index (κ2) is 7.92. The van der Waals surface area contributed by atoms with Crippen molar-refractivity contribution >= 4 is 0 Å². The Morgan fingerprint density at radius 1 is 1.29 bits per heavy atom. The van der Waals surface area contributed by atoms with Crippen molar-refractivity contribution < 1.29 is 4.74 Å². The van der Waals surface area contributed by atoms with Crippen LogP contribution in [0.3, 0.4) is 0 Å². The van der Waals surface area contributed by atoms with Gasteiger partial charge in [0.05, 0.1) is 12.1 Å². The van der Waals surface area contributed by atoms with Gasteiger partial charge >= 0.3 is 0 Å². The lowest BCUT2D eigenvalue weighted by atomic mass is 9.87. The molecule has 1 aliphatic heterocycles. The lowest BCUT2D eigenvalue weighted by molar-refractivity contribution is 0.0438. The van der Waals surface area contributed by atoms with Gasteiger partial charge in [-0.25, -0.2) is 0 Å². The molecule has 0 aromatic heterocycles. The molecule has 0 aliphatic carbocycles. The van der Waals surface area contributed by atoms with Crippen LogP contribution in [0.4, 0.5) is 0 Å². The molecule has 2 atom stereocenters. The van der Waals surface area contributed by atoms with Crippen molar-refractivity contribution in [3.63, 3.8) is 0 Å². The summed E-state index contributed by atoms with van der Waals surface area (Å²) in [5, 5.41) is 3.78. The fourth-order valence-corrected chi connectivity index (χ4v) is 3.27. The van der Waals surface area contributed by atoms with E-state index in [0.29, 0.717) is 6.04 Å². The molecule has 0 amide bonds. The highest BCUT2D eigenvalue weighted by Gasteiger charge is 2.36. The van der Waals surface area contributed by atoms with Gasteiger partial charge in [-0.1, -0.05) is 43.7 Å². The van der Waals surface area contributed by atoms with Crippen LogP contribution in [0.1, 0.15) is 39.2 Å². The summed E-state index contributed by atoms with van der Waals surface area (Å²) in [5.74, 6) is 0. The van der Waals surface area contributed by atoms with Crippen LogP contribution in [0.2, 0.25) is 0 Å². The summed E-state index contributed by atoms with van der Waals surface area (Å²) in [6.07, 6.45) is 2.49. The third-order valence-corrected chi connectivity index (χ3v) is 4.52. The molecule has 1 heterocycles. The fourth-order valence-electron chi connectivity index (χ4n) is 3.27. The molecule has 118 valence electrons. The van der Waals surface area contributed by atoms with E-state index in [1.807, 2.05) is 0 Å². The molecule has 0 bridgehead atoms. The van der Waals surface area contributed by atoms with Crippen LogP contribution in [0.25, 0.3) is 0 Å². The molecular weight excluding hydrogens is 260 g/mol. The van der Waals surface area contributed by atoms with Crippen LogP contribution in [-0.2, 0) is 10.3 Å². The molecule has 1 saturated heterocycles. The highest BCUT2D eigenvalue weighted by molar-refractivity contribution is 5.25. The zero-order valence-corrected chi connectivity index (χ0v) is 13.8. The van der Waals surface area contributed by atoms with Crippen LogP contribution in [-0.4, -0.2) is 43.8 Å². The Morgan fingerprint density at radius 3 is 2.71 bits per heavy atom. The van der Waals surface area contributed by atoms with Gasteiger partial charge in [0.2, 0.25) is 0 Å². The third kappa shape index (κ3) is 4.29. The van der Waals surface area contributed by atoms with E-state index in [0.717, 1.165) is 32.8 Å². The van der Waals surface area contributed by atoms with Crippen molar-refractivity contribution in [1.29, 1.82) is 0 Å². The summed E-state index contributed by atoms with van der Waals surface area (Å²) in [6.45, 7) is 11.4. The second-order valence-electron chi connectivity index (χ2n) is 6.19. The maximum absolute atomic E-state index is 5.57. The minimum atomic E-state index is 0.0394. The number of hydrogen-bond acceptors (Lipinski definition) is 3. The molecule has 2 unspecified atom stereocenters. The van der Waals surface area contributed by atoms with Gasteiger partial charge in [0.25, 0.3) is 0 Å². The van der Waals surface area contributed by atoms with Crippen LogP contribution >= 0.6 is 0 Å². The second-order valence-corrected chi connectivity index (χ2v) is 6.19. The number of piperazine rings is 1. The van der Waals surface area contributed by atoms with Crippen molar-refractivity contribution in [2.75, 3.05) is 32.8 Å². The van der Waals surface area contributed by atoms with Gasteiger partial charge in [-0.3, -0.25) is 4.90 Å². The van der Waals surface area contributed by atoms with E-state index in [2.05, 4.69) is 61.3 Å². The van der Waals surface area contributed by atoms with E-state index < -0.39 is 0 Å². The first-order valence-corrected chi connectivity index (χ1v) is 8.32. The number of nitrogens with zero attached hydrogens (tertiary/aromatic N) is 1. The summed E-state index contributed by atoms with van der Waals surface area (Å²) in [4.78, 5) is 2.61. The van der Waals surface area contributed by atoms with Crippen LogP contribution in [0.5, 0.6) is 0 Å². The third-order valence-electron chi connectivity index (χ3n) is 4.52. The lowest BCUT2D eigenvalue weighted by Gasteiger charge is -2.46. The summed E-state index contributed by atoms with van der Waals surface area (Å²) in [5.41, 5.74) is 1.42. The van der Waals surface area contributed by atoms with Crippen molar-refractivity contribution in [2.45, 2.75) is 45.2 Å². The Balaban J connectivity index is 2.06. The van der Waals surface area contributed by atoms with E-state index in [1.165, 1.54) is 18.4 Å². The number of benzene rings is 1. The molecule has 1 N–H and O–H groups in total. The molecule has 2 rings (SSSR count). The average molecular weight is 290 g/mol. The van der Waals surface area contributed by atoms with Crippen LogP contribution in [0.15, 0.2) is 30.3 Å².